The number of carbonyl (C=O) groups excluding carboxylic acids is 4. The maximum absolute atomic E-state index is 13.2. The monoisotopic (exact) mass is 1060 g/mol. The highest BCUT2D eigenvalue weighted by Crippen LogP contribution is 2.27. The molecule has 420 valence electrons. The van der Waals surface area contributed by atoms with E-state index in [1.165, 1.54) is 215 Å². The predicted octanol–water partition coefficient (Wildman–Crippen LogP) is 18.9. The van der Waals surface area contributed by atoms with Gasteiger partial charge in [-0.3, -0.25) is 0 Å². The van der Waals surface area contributed by atoms with Gasteiger partial charge >= 0.3 is 23.9 Å². The zero-order chi connectivity index (χ0) is 55.3. The Balaban J connectivity index is 0.955. The van der Waals surface area contributed by atoms with Crippen LogP contribution in [-0.4, -0.2) is 37.1 Å². The maximum atomic E-state index is 13.2. The van der Waals surface area contributed by atoms with Gasteiger partial charge in [-0.1, -0.05) is 193 Å². The Bertz CT molecular complexity index is 2310. The van der Waals surface area contributed by atoms with Crippen LogP contribution in [0.1, 0.15) is 241 Å². The van der Waals surface area contributed by atoms with Gasteiger partial charge in [0.1, 0.15) is 34.5 Å². The van der Waals surface area contributed by atoms with Gasteiger partial charge in [-0.15, -0.1) is 0 Å². The summed E-state index contributed by atoms with van der Waals surface area (Å²) >= 11 is 0. The summed E-state index contributed by atoms with van der Waals surface area (Å²) in [6.07, 6.45) is 38.1. The molecule has 0 aliphatic rings. The summed E-state index contributed by atoms with van der Waals surface area (Å²) in [5.74, 6) is -0.291. The molecule has 0 saturated carbocycles. The molecular weight excluding hydrogens is 977 g/mol. The lowest BCUT2D eigenvalue weighted by Crippen LogP contribution is -2.11. The highest BCUT2D eigenvalue weighted by molar-refractivity contribution is 5.94. The Morgan fingerprint density at radius 3 is 0.795 bits per heavy atom. The number of rotatable bonds is 41. The topological polar surface area (TPSA) is 124 Å². The van der Waals surface area contributed by atoms with E-state index in [4.69, 9.17) is 28.4 Å². The van der Waals surface area contributed by atoms with Crippen molar-refractivity contribution in [2.45, 2.75) is 194 Å². The number of hydrogen-bond donors (Lipinski definition) is 0. The molecular formula is C68H88O10. The van der Waals surface area contributed by atoms with Crippen LogP contribution in [0.5, 0.6) is 34.5 Å². The van der Waals surface area contributed by atoms with E-state index in [0.717, 1.165) is 25.7 Å². The minimum Gasteiger partial charge on any atom is -0.494 e. The zero-order valence-corrected chi connectivity index (χ0v) is 47.0. The molecule has 10 nitrogen and oxygen atoms in total. The van der Waals surface area contributed by atoms with Crippen LogP contribution in [0.15, 0.2) is 122 Å². The molecule has 0 aliphatic carbocycles. The molecule has 5 aromatic carbocycles. The molecule has 0 aliphatic heterocycles. The SMILES string of the molecule is C=Cc1cc(OC(=O)c2ccc(OC(=O)c3ccc(OCCCCCCCCCCCCCCCC)cc3)cc2)cc(OC(=O)c2ccc(OC(=O)c3ccc(OCCCCCCCCCCCCCCCC)cc3)cc2)c1. The summed E-state index contributed by atoms with van der Waals surface area (Å²) in [5.41, 5.74) is 1.69. The van der Waals surface area contributed by atoms with E-state index < -0.39 is 23.9 Å². The molecule has 0 heterocycles. The average Bonchev–Trinajstić information content (AvgIpc) is 3.46. The minimum atomic E-state index is -0.680. The molecule has 0 amide bonds. The Morgan fingerprint density at radius 2 is 0.538 bits per heavy atom. The molecule has 0 N–H and O–H groups in total. The van der Waals surface area contributed by atoms with Crippen molar-refractivity contribution in [3.05, 3.63) is 150 Å². The molecule has 0 radical (unpaired) electrons. The van der Waals surface area contributed by atoms with Crippen molar-refractivity contribution in [2.75, 3.05) is 13.2 Å². The van der Waals surface area contributed by atoms with E-state index in [9.17, 15) is 19.2 Å². The first-order valence-electron chi connectivity index (χ1n) is 29.6. The van der Waals surface area contributed by atoms with Crippen LogP contribution in [0.4, 0.5) is 0 Å². The van der Waals surface area contributed by atoms with E-state index in [0.29, 0.717) is 41.4 Å². The highest BCUT2D eigenvalue weighted by atomic mass is 16.6. The quantitative estimate of drug-likeness (QED) is 0.0212. The fourth-order valence-electron chi connectivity index (χ4n) is 9.16. The van der Waals surface area contributed by atoms with Gasteiger partial charge in [-0.25, -0.2) is 19.2 Å². The molecule has 0 fully saturated rings. The number of esters is 4. The Morgan fingerprint density at radius 1 is 0.308 bits per heavy atom. The maximum Gasteiger partial charge on any atom is 0.343 e. The first-order valence-corrected chi connectivity index (χ1v) is 29.6. The molecule has 0 bridgehead atoms. The van der Waals surface area contributed by atoms with Crippen molar-refractivity contribution in [1.29, 1.82) is 0 Å². The lowest BCUT2D eigenvalue weighted by Gasteiger charge is -2.10. The lowest BCUT2D eigenvalue weighted by molar-refractivity contribution is 0.0723. The summed E-state index contributed by atoms with van der Waals surface area (Å²) in [7, 11) is 0. The van der Waals surface area contributed by atoms with Crippen molar-refractivity contribution < 1.29 is 47.6 Å². The smallest absolute Gasteiger partial charge is 0.343 e. The van der Waals surface area contributed by atoms with Crippen LogP contribution < -0.4 is 28.4 Å². The number of carbonyl (C=O) groups is 4. The van der Waals surface area contributed by atoms with Crippen LogP contribution in [-0.2, 0) is 0 Å². The molecule has 5 rings (SSSR count). The summed E-state index contributed by atoms with van der Waals surface area (Å²) in [4.78, 5) is 52.3. The van der Waals surface area contributed by atoms with E-state index in [1.807, 2.05) is 0 Å². The second-order valence-electron chi connectivity index (χ2n) is 20.5. The molecule has 0 unspecified atom stereocenters. The number of hydrogen-bond acceptors (Lipinski definition) is 10. The standard InChI is InChI=1S/C68H88O10/c1-4-7-9-11-13-15-17-19-21-23-25-27-29-31-49-73-59-41-33-55(34-42-59)65(69)75-61-45-37-57(38-46-61)67(71)77-63-51-54(6-3)52-64(53-63)78-68(72)58-39-47-62(48-40-58)76-66(70)56-35-43-60(44-36-56)74-50-32-30-28-26-24-22-20-18-16-14-12-10-8-5-2/h6,33-48,51-53H,3-5,7-32,49-50H2,1-2H3. The molecule has 10 heteroatoms. The zero-order valence-electron chi connectivity index (χ0n) is 47.0. The van der Waals surface area contributed by atoms with Crippen LogP contribution in [0.2, 0.25) is 0 Å². The highest BCUT2D eigenvalue weighted by Gasteiger charge is 2.16. The Labute approximate surface area is 466 Å². The molecule has 5 aromatic rings. The van der Waals surface area contributed by atoms with E-state index in [1.54, 1.807) is 60.7 Å². The number of benzene rings is 5. The van der Waals surface area contributed by atoms with Crippen LogP contribution in [0.3, 0.4) is 0 Å². The Hall–Kier alpha value is -6.68. The van der Waals surface area contributed by atoms with Gasteiger partial charge in [-0.05, 0) is 128 Å². The Kier molecular flexibility index (Phi) is 30.3. The minimum absolute atomic E-state index is 0.120. The summed E-state index contributed by atoms with van der Waals surface area (Å²) in [6.45, 7) is 9.61. The van der Waals surface area contributed by atoms with Crippen LogP contribution in [0.25, 0.3) is 6.08 Å². The molecule has 0 spiro atoms. The van der Waals surface area contributed by atoms with E-state index in [-0.39, 0.29) is 34.1 Å². The fourth-order valence-corrected chi connectivity index (χ4v) is 9.16. The van der Waals surface area contributed by atoms with Crippen molar-refractivity contribution in [1.82, 2.24) is 0 Å². The first-order chi connectivity index (χ1) is 38.2. The van der Waals surface area contributed by atoms with Gasteiger partial charge in [-0.2, -0.15) is 0 Å². The second-order valence-corrected chi connectivity index (χ2v) is 20.5. The summed E-state index contributed by atoms with van der Waals surface area (Å²) in [5, 5.41) is 0. The summed E-state index contributed by atoms with van der Waals surface area (Å²) in [6, 6.07) is 30.4. The molecule has 0 aromatic heterocycles. The molecule has 78 heavy (non-hydrogen) atoms. The summed E-state index contributed by atoms with van der Waals surface area (Å²) < 4.78 is 34.3. The fraction of sp³-hybridized carbons (Fsp3) is 0.471. The molecule has 0 atom stereocenters. The molecule has 0 saturated heterocycles. The van der Waals surface area contributed by atoms with E-state index >= 15 is 0 Å². The third kappa shape index (κ3) is 25.2. The van der Waals surface area contributed by atoms with E-state index in [2.05, 4.69) is 20.4 Å². The largest absolute Gasteiger partial charge is 0.494 e. The van der Waals surface area contributed by atoms with Gasteiger partial charge in [0.25, 0.3) is 0 Å². The predicted molar refractivity (Wildman–Crippen MR) is 314 cm³/mol. The third-order valence-electron chi connectivity index (χ3n) is 13.9. The first kappa shape index (κ1) is 62.2. The van der Waals surface area contributed by atoms with Crippen LogP contribution >= 0.6 is 0 Å². The third-order valence-corrected chi connectivity index (χ3v) is 13.9. The lowest BCUT2D eigenvalue weighted by atomic mass is 10.0. The van der Waals surface area contributed by atoms with Crippen molar-refractivity contribution in [3.8, 4) is 34.5 Å². The van der Waals surface area contributed by atoms with Crippen molar-refractivity contribution in [2.24, 2.45) is 0 Å². The van der Waals surface area contributed by atoms with Gasteiger partial charge in [0, 0.05) is 6.07 Å². The number of ether oxygens (including phenoxy) is 6. The van der Waals surface area contributed by atoms with Crippen LogP contribution in [0, 0.1) is 0 Å². The van der Waals surface area contributed by atoms with Gasteiger partial charge in [0.15, 0.2) is 0 Å². The average molecular weight is 1070 g/mol. The van der Waals surface area contributed by atoms with Gasteiger partial charge in [0.05, 0.1) is 35.5 Å². The van der Waals surface area contributed by atoms with Crippen molar-refractivity contribution in [3.63, 3.8) is 0 Å². The van der Waals surface area contributed by atoms with Crippen molar-refractivity contribution >= 4 is 30.0 Å². The second kappa shape index (κ2) is 38.0. The van der Waals surface area contributed by atoms with Gasteiger partial charge < -0.3 is 28.4 Å². The normalized spacial score (nSPS) is 10.9. The van der Waals surface area contributed by atoms with Gasteiger partial charge in [0.2, 0.25) is 0 Å². The number of unbranched alkanes of at least 4 members (excludes halogenated alkanes) is 26.